The molecule has 0 amide bonds. The van der Waals surface area contributed by atoms with Crippen molar-refractivity contribution < 1.29 is 18.8 Å². The van der Waals surface area contributed by atoms with Crippen molar-refractivity contribution in [1.29, 1.82) is 0 Å². The molecule has 0 atom stereocenters. The normalized spacial score (nSPS) is 10.7. The van der Waals surface area contributed by atoms with Crippen molar-refractivity contribution in [2.75, 3.05) is 7.11 Å². The van der Waals surface area contributed by atoms with Crippen LogP contribution in [0.5, 0.6) is 5.75 Å². The fraction of sp³-hybridized carbons (Fsp3) is 0.400. The van der Waals surface area contributed by atoms with Crippen LogP contribution in [0.3, 0.4) is 0 Å². The van der Waals surface area contributed by atoms with E-state index in [4.69, 9.17) is 9.26 Å². The molecule has 6 nitrogen and oxygen atoms in total. The van der Waals surface area contributed by atoms with Gasteiger partial charge in [0.25, 0.3) is 0 Å². The molecule has 2 rings (SSSR count). The van der Waals surface area contributed by atoms with E-state index in [0.29, 0.717) is 28.9 Å². The maximum absolute atomic E-state index is 11.3. The third-order valence-electron chi connectivity index (χ3n) is 2.74. The molecule has 0 radical (unpaired) electrons. The highest BCUT2D eigenvalue weighted by Gasteiger charge is 2.09. The van der Waals surface area contributed by atoms with E-state index in [1.54, 1.807) is 24.3 Å². The lowest BCUT2D eigenvalue weighted by atomic mass is 10.1. The summed E-state index contributed by atoms with van der Waals surface area (Å²) in [5, 5.41) is 3.86. The van der Waals surface area contributed by atoms with Gasteiger partial charge in [-0.3, -0.25) is 0 Å². The van der Waals surface area contributed by atoms with E-state index in [1.165, 1.54) is 7.11 Å². The maximum Gasteiger partial charge on any atom is 0.337 e. The van der Waals surface area contributed by atoms with Crippen LogP contribution >= 0.6 is 0 Å². The molecule has 0 saturated carbocycles. The summed E-state index contributed by atoms with van der Waals surface area (Å²) in [4.78, 5) is 15.5. The molecular weight excluding hydrogens is 272 g/mol. The van der Waals surface area contributed by atoms with Gasteiger partial charge in [0.2, 0.25) is 11.7 Å². The molecule has 0 bridgehead atoms. The molecule has 0 saturated heterocycles. The second kappa shape index (κ2) is 6.88. The molecule has 1 heterocycles. The van der Waals surface area contributed by atoms with Crippen molar-refractivity contribution in [1.82, 2.24) is 10.1 Å². The minimum Gasteiger partial charge on any atom is -0.485 e. The minimum atomic E-state index is -0.377. The van der Waals surface area contributed by atoms with E-state index >= 15 is 0 Å². The van der Waals surface area contributed by atoms with E-state index in [0.717, 1.165) is 6.42 Å². The molecule has 0 N–H and O–H groups in total. The summed E-state index contributed by atoms with van der Waals surface area (Å²) in [6.07, 6.45) is 0.751. The average molecular weight is 290 g/mol. The van der Waals surface area contributed by atoms with Crippen molar-refractivity contribution >= 4 is 5.97 Å². The Balaban J connectivity index is 1.90. The van der Waals surface area contributed by atoms with Gasteiger partial charge in [-0.25, -0.2) is 4.79 Å². The molecule has 112 valence electrons. The Labute approximate surface area is 123 Å². The van der Waals surface area contributed by atoms with Gasteiger partial charge in [0.1, 0.15) is 5.75 Å². The van der Waals surface area contributed by atoms with Crippen LogP contribution in [0, 0.1) is 5.92 Å². The van der Waals surface area contributed by atoms with Gasteiger partial charge in [0, 0.05) is 6.42 Å². The van der Waals surface area contributed by atoms with Crippen LogP contribution in [0.1, 0.15) is 35.9 Å². The topological polar surface area (TPSA) is 74.5 Å². The second-order valence-corrected chi connectivity index (χ2v) is 5.01. The minimum absolute atomic E-state index is 0.221. The number of carbonyl (C=O) groups is 1. The molecule has 0 aliphatic carbocycles. The Morgan fingerprint density at radius 2 is 2.00 bits per heavy atom. The molecule has 1 aromatic heterocycles. The summed E-state index contributed by atoms with van der Waals surface area (Å²) >= 11 is 0. The van der Waals surface area contributed by atoms with Gasteiger partial charge in [-0.2, -0.15) is 4.98 Å². The predicted molar refractivity (Wildman–Crippen MR) is 75.0 cm³/mol. The van der Waals surface area contributed by atoms with Gasteiger partial charge in [0.15, 0.2) is 6.61 Å². The van der Waals surface area contributed by atoms with Crippen LogP contribution in [-0.2, 0) is 17.8 Å². The van der Waals surface area contributed by atoms with Crippen LogP contribution in [0.4, 0.5) is 0 Å². The van der Waals surface area contributed by atoms with Crippen LogP contribution in [0.2, 0.25) is 0 Å². The SMILES string of the molecule is COC(=O)c1ccc(OCc2noc(CC(C)C)n2)cc1. The van der Waals surface area contributed by atoms with Crippen molar-refractivity contribution in [3.8, 4) is 5.75 Å². The molecule has 0 aliphatic rings. The van der Waals surface area contributed by atoms with Crippen LogP contribution in [0.25, 0.3) is 0 Å². The van der Waals surface area contributed by atoms with Gasteiger partial charge in [-0.15, -0.1) is 0 Å². The molecule has 1 aromatic carbocycles. The number of benzene rings is 1. The Hall–Kier alpha value is -2.37. The Morgan fingerprint density at radius 3 is 2.62 bits per heavy atom. The lowest BCUT2D eigenvalue weighted by Crippen LogP contribution is -2.02. The van der Waals surface area contributed by atoms with E-state index in [-0.39, 0.29) is 12.6 Å². The van der Waals surface area contributed by atoms with Gasteiger partial charge in [0.05, 0.1) is 12.7 Å². The summed E-state index contributed by atoms with van der Waals surface area (Å²) in [5.74, 6) is 1.83. The largest absolute Gasteiger partial charge is 0.485 e. The van der Waals surface area contributed by atoms with Crippen molar-refractivity contribution in [3.05, 3.63) is 41.5 Å². The summed E-state index contributed by atoms with van der Waals surface area (Å²) in [7, 11) is 1.34. The van der Waals surface area contributed by atoms with Crippen LogP contribution < -0.4 is 4.74 Å². The summed E-state index contributed by atoms with van der Waals surface area (Å²) in [6.45, 7) is 4.39. The summed E-state index contributed by atoms with van der Waals surface area (Å²) < 4.78 is 15.3. The van der Waals surface area contributed by atoms with Gasteiger partial charge in [-0.1, -0.05) is 19.0 Å². The third-order valence-corrected chi connectivity index (χ3v) is 2.74. The Kier molecular flexibility index (Phi) is 4.92. The number of ether oxygens (including phenoxy) is 2. The number of nitrogens with zero attached hydrogens (tertiary/aromatic N) is 2. The number of aromatic nitrogens is 2. The average Bonchev–Trinajstić information content (AvgIpc) is 2.91. The molecule has 6 heteroatoms. The molecule has 0 unspecified atom stereocenters. The van der Waals surface area contributed by atoms with Gasteiger partial charge < -0.3 is 14.0 Å². The standard InChI is InChI=1S/C15H18N2O4/c1-10(2)8-14-16-13(17-21-14)9-20-12-6-4-11(5-7-12)15(18)19-3/h4-7,10H,8-9H2,1-3H3. The van der Waals surface area contributed by atoms with Crippen LogP contribution in [-0.4, -0.2) is 23.2 Å². The molecule has 0 fully saturated rings. The van der Waals surface area contributed by atoms with Crippen molar-refractivity contribution in [2.45, 2.75) is 26.9 Å². The highest BCUT2D eigenvalue weighted by Crippen LogP contribution is 2.14. The zero-order chi connectivity index (χ0) is 15.2. The molecule has 0 spiro atoms. The number of hydrogen-bond acceptors (Lipinski definition) is 6. The van der Waals surface area contributed by atoms with Crippen molar-refractivity contribution in [2.24, 2.45) is 5.92 Å². The number of esters is 1. The Morgan fingerprint density at radius 1 is 1.29 bits per heavy atom. The van der Waals surface area contributed by atoms with Crippen LogP contribution in [0.15, 0.2) is 28.8 Å². The first-order valence-corrected chi connectivity index (χ1v) is 6.71. The zero-order valence-electron chi connectivity index (χ0n) is 12.3. The predicted octanol–water partition coefficient (Wildman–Crippen LogP) is 2.63. The first kappa shape index (κ1) is 15.0. The van der Waals surface area contributed by atoms with E-state index in [9.17, 15) is 4.79 Å². The maximum atomic E-state index is 11.3. The zero-order valence-corrected chi connectivity index (χ0v) is 12.3. The summed E-state index contributed by atoms with van der Waals surface area (Å²) in [6, 6.07) is 6.67. The lowest BCUT2D eigenvalue weighted by molar-refractivity contribution is 0.0600. The van der Waals surface area contributed by atoms with Gasteiger partial charge >= 0.3 is 5.97 Å². The fourth-order valence-electron chi connectivity index (χ4n) is 1.73. The number of carbonyl (C=O) groups excluding carboxylic acids is 1. The number of methoxy groups -OCH3 is 1. The van der Waals surface area contributed by atoms with E-state index < -0.39 is 0 Å². The van der Waals surface area contributed by atoms with Gasteiger partial charge in [-0.05, 0) is 30.2 Å². The first-order valence-electron chi connectivity index (χ1n) is 6.71. The fourth-order valence-corrected chi connectivity index (χ4v) is 1.73. The van der Waals surface area contributed by atoms with E-state index in [1.807, 2.05) is 0 Å². The summed E-state index contributed by atoms with van der Waals surface area (Å²) in [5.41, 5.74) is 0.476. The highest BCUT2D eigenvalue weighted by molar-refractivity contribution is 5.89. The molecule has 0 aliphatic heterocycles. The number of rotatable bonds is 6. The number of hydrogen-bond donors (Lipinski definition) is 0. The first-order chi connectivity index (χ1) is 10.1. The Bertz CT molecular complexity index is 590. The monoisotopic (exact) mass is 290 g/mol. The quantitative estimate of drug-likeness (QED) is 0.761. The third kappa shape index (κ3) is 4.30. The molecule has 2 aromatic rings. The van der Waals surface area contributed by atoms with E-state index in [2.05, 4.69) is 28.7 Å². The highest BCUT2D eigenvalue weighted by atomic mass is 16.5. The molecule has 21 heavy (non-hydrogen) atoms. The lowest BCUT2D eigenvalue weighted by Gasteiger charge is -2.04. The second-order valence-electron chi connectivity index (χ2n) is 5.01. The smallest absolute Gasteiger partial charge is 0.337 e. The van der Waals surface area contributed by atoms with Crippen molar-refractivity contribution in [3.63, 3.8) is 0 Å². The molecular formula is C15H18N2O4.